The van der Waals surface area contributed by atoms with E-state index in [1.54, 1.807) is 23.0 Å². The van der Waals surface area contributed by atoms with Crippen LogP contribution in [0.3, 0.4) is 0 Å². The van der Waals surface area contributed by atoms with E-state index in [4.69, 9.17) is 5.73 Å². The maximum absolute atomic E-state index is 13.1. The number of aromatic nitrogens is 2. The predicted octanol–water partition coefficient (Wildman–Crippen LogP) is 2.91. The molecule has 3 N–H and O–H groups in total. The number of halogens is 1. The van der Waals surface area contributed by atoms with Crippen molar-refractivity contribution in [1.29, 1.82) is 5.26 Å². The molecule has 3 rings (SSSR count). The summed E-state index contributed by atoms with van der Waals surface area (Å²) in [6.07, 6.45) is 2.36. The number of nitriles is 1. The standard InChI is InChI=1S/C20H25FN6O/c1-13(2)10-26-8-7-18(14(9-22)11-26)27-12-17(19(23)28)20(25-27)24-16-5-3-15(21)4-6-16/h3-6,12-14,18H,7-8,10-11H2,1-2H3,(H2,23,28)(H,24,25). The minimum Gasteiger partial charge on any atom is -0.365 e. The van der Waals surface area contributed by atoms with Gasteiger partial charge in [-0.15, -0.1) is 0 Å². The van der Waals surface area contributed by atoms with E-state index in [9.17, 15) is 14.4 Å². The highest BCUT2D eigenvalue weighted by molar-refractivity contribution is 5.98. The van der Waals surface area contributed by atoms with Crippen molar-refractivity contribution in [3.05, 3.63) is 41.8 Å². The second-order valence-electron chi connectivity index (χ2n) is 7.61. The molecule has 0 aliphatic carbocycles. The Morgan fingerprint density at radius 3 is 2.75 bits per heavy atom. The number of hydrogen-bond donors (Lipinski definition) is 2. The Bertz CT molecular complexity index is 870. The fraction of sp³-hybridized carbons (Fsp3) is 0.450. The van der Waals surface area contributed by atoms with Gasteiger partial charge in [-0.1, -0.05) is 13.8 Å². The summed E-state index contributed by atoms with van der Waals surface area (Å²) in [4.78, 5) is 14.2. The Morgan fingerprint density at radius 2 is 2.14 bits per heavy atom. The van der Waals surface area contributed by atoms with E-state index in [1.165, 1.54) is 12.1 Å². The summed E-state index contributed by atoms with van der Waals surface area (Å²) in [5.41, 5.74) is 6.35. The van der Waals surface area contributed by atoms with Gasteiger partial charge in [0.25, 0.3) is 5.91 Å². The molecule has 1 aromatic heterocycles. The molecule has 8 heteroatoms. The number of carbonyl (C=O) groups excluding carboxylic acids is 1. The van der Waals surface area contributed by atoms with E-state index >= 15 is 0 Å². The molecular formula is C20H25FN6O. The van der Waals surface area contributed by atoms with Gasteiger partial charge in [-0.05, 0) is 36.6 Å². The molecule has 2 heterocycles. The molecule has 1 fully saturated rings. The van der Waals surface area contributed by atoms with Crippen LogP contribution in [0.15, 0.2) is 30.5 Å². The quantitative estimate of drug-likeness (QED) is 0.798. The summed E-state index contributed by atoms with van der Waals surface area (Å²) in [5, 5.41) is 17.2. The molecule has 2 aromatic rings. The normalized spacial score (nSPS) is 20.1. The summed E-state index contributed by atoms with van der Waals surface area (Å²) in [7, 11) is 0. The van der Waals surface area contributed by atoms with Crippen LogP contribution in [0.2, 0.25) is 0 Å². The van der Waals surface area contributed by atoms with Crippen LogP contribution >= 0.6 is 0 Å². The number of likely N-dealkylation sites (tertiary alicyclic amines) is 1. The Balaban J connectivity index is 1.83. The van der Waals surface area contributed by atoms with Crippen LogP contribution < -0.4 is 11.1 Å². The fourth-order valence-corrected chi connectivity index (χ4v) is 3.64. The molecule has 0 radical (unpaired) electrons. The molecule has 1 aliphatic rings. The van der Waals surface area contributed by atoms with Crippen molar-refractivity contribution >= 4 is 17.4 Å². The fourth-order valence-electron chi connectivity index (χ4n) is 3.64. The number of carbonyl (C=O) groups is 1. The Morgan fingerprint density at radius 1 is 1.43 bits per heavy atom. The number of hydrogen-bond acceptors (Lipinski definition) is 5. The molecule has 1 saturated heterocycles. The lowest BCUT2D eigenvalue weighted by Crippen LogP contribution is -2.42. The van der Waals surface area contributed by atoms with Crippen molar-refractivity contribution in [2.24, 2.45) is 17.6 Å². The van der Waals surface area contributed by atoms with Gasteiger partial charge in [0.1, 0.15) is 11.4 Å². The highest BCUT2D eigenvalue weighted by atomic mass is 19.1. The van der Waals surface area contributed by atoms with Crippen molar-refractivity contribution in [2.45, 2.75) is 26.3 Å². The number of nitrogens with one attached hydrogen (secondary N) is 1. The van der Waals surface area contributed by atoms with Gasteiger partial charge in [0.2, 0.25) is 0 Å². The topological polar surface area (TPSA) is 100.0 Å². The summed E-state index contributed by atoms with van der Waals surface area (Å²) in [6, 6.07) is 8.01. The Labute approximate surface area is 163 Å². The summed E-state index contributed by atoms with van der Waals surface area (Å²) in [6.45, 7) is 6.81. The maximum atomic E-state index is 13.1. The molecule has 7 nitrogen and oxygen atoms in total. The first-order valence-corrected chi connectivity index (χ1v) is 9.41. The van der Waals surface area contributed by atoms with Crippen molar-refractivity contribution in [2.75, 3.05) is 25.0 Å². The zero-order chi connectivity index (χ0) is 20.3. The zero-order valence-corrected chi connectivity index (χ0v) is 16.1. The van der Waals surface area contributed by atoms with Gasteiger partial charge < -0.3 is 16.0 Å². The molecule has 28 heavy (non-hydrogen) atoms. The van der Waals surface area contributed by atoms with Gasteiger partial charge >= 0.3 is 0 Å². The lowest BCUT2D eigenvalue weighted by Gasteiger charge is -2.36. The van der Waals surface area contributed by atoms with Crippen molar-refractivity contribution < 1.29 is 9.18 Å². The van der Waals surface area contributed by atoms with Gasteiger partial charge in [-0.3, -0.25) is 9.48 Å². The van der Waals surface area contributed by atoms with Crippen molar-refractivity contribution in [3.8, 4) is 6.07 Å². The van der Waals surface area contributed by atoms with E-state index in [2.05, 4.69) is 35.2 Å². The summed E-state index contributed by atoms with van der Waals surface area (Å²) < 4.78 is 14.8. The average molecular weight is 384 g/mol. The largest absolute Gasteiger partial charge is 0.365 e. The number of rotatable bonds is 6. The first kappa shape index (κ1) is 19.8. The average Bonchev–Trinajstić information content (AvgIpc) is 3.07. The smallest absolute Gasteiger partial charge is 0.254 e. The van der Waals surface area contributed by atoms with E-state index in [0.717, 1.165) is 19.5 Å². The minimum absolute atomic E-state index is 0.129. The lowest BCUT2D eigenvalue weighted by atomic mass is 9.93. The third-order valence-corrected chi connectivity index (χ3v) is 4.89. The third kappa shape index (κ3) is 4.49. The SMILES string of the molecule is CC(C)CN1CCC(n2cc(C(N)=O)c(Nc3ccc(F)cc3)n2)C(C#N)C1. The predicted molar refractivity (Wildman–Crippen MR) is 104 cm³/mol. The number of nitrogens with zero attached hydrogens (tertiary/aromatic N) is 4. The van der Waals surface area contributed by atoms with Gasteiger partial charge in [-0.25, -0.2) is 4.39 Å². The molecule has 0 spiro atoms. The van der Waals surface area contributed by atoms with E-state index in [0.29, 0.717) is 24.0 Å². The molecular weight excluding hydrogens is 359 g/mol. The number of benzene rings is 1. The van der Waals surface area contributed by atoms with Crippen molar-refractivity contribution in [3.63, 3.8) is 0 Å². The first-order chi connectivity index (χ1) is 13.4. The molecule has 2 unspecified atom stereocenters. The van der Waals surface area contributed by atoms with Crippen LogP contribution in [0, 0.1) is 29.0 Å². The molecule has 1 aromatic carbocycles. The van der Waals surface area contributed by atoms with Gasteiger partial charge in [0.05, 0.1) is 18.0 Å². The highest BCUT2D eigenvalue weighted by Gasteiger charge is 2.32. The first-order valence-electron chi connectivity index (χ1n) is 9.41. The molecule has 1 amide bonds. The van der Waals surface area contributed by atoms with Gasteiger partial charge in [-0.2, -0.15) is 10.4 Å². The Hall–Kier alpha value is -2.92. The van der Waals surface area contributed by atoms with Crippen LogP contribution in [-0.2, 0) is 0 Å². The highest BCUT2D eigenvalue weighted by Crippen LogP contribution is 2.30. The van der Waals surface area contributed by atoms with Crippen LogP contribution in [-0.4, -0.2) is 40.2 Å². The molecule has 2 atom stereocenters. The second-order valence-corrected chi connectivity index (χ2v) is 7.61. The van der Waals surface area contributed by atoms with E-state index in [1.807, 2.05) is 0 Å². The van der Waals surface area contributed by atoms with Crippen LogP contribution in [0.4, 0.5) is 15.9 Å². The number of nitrogens with two attached hydrogens (primary N) is 1. The number of piperidine rings is 1. The van der Waals surface area contributed by atoms with Crippen LogP contribution in [0.1, 0.15) is 36.7 Å². The minimum atomic E-state index is -0.610. The summed E-state index contributed by atoms with van der Waals surface area (Å²) in [5.74, 6) is -0.349. The molecule has 0 saturated carbocycles. The van der Waals surface area contributed by atoms with E-state index in [-0.39, 0.29) is 23.3 Å². The van der Waals surface area contributed by atoms with Gasteiger partial charge in [0, 0.05) is 31.5 Å². The number of anilines is 2. The lowest BCUT2D eigenvalue weighted by molar-refractivity contribution is 0.1000. The van der Waals surface area contributed by atoms with Crippen molar-refractivity contribution in [1.82, 2.24) is 14.7 Å². The van der Waals surface area contributed by atoms with Crippen LogP contribution in [0.5, 0.6) is 0 Å². The third-order valence-electron chi connectivity index (χ3n) is 4.89. The zero-order valence-electron chi connectivity index (χ0n) is 16.1. The number of amides is 1. The van der Waals surface area contributed by atoms with E-state index < -0.39 is 5.91 Å². The van der Waals surface area contributed by atoms with Crippen LogP contribution in [0.25, 0.3) is 0 Å². The number of primary amides is 1. The molecule has 0 bridgehead atoms. The van der Waals surface area contributed by atoms with Gasteiger partial charge in [0.15, 0.2) is 5.82 Å². The Kier molecular flexibility index (Phi) is 5.95. The molecule has 1 aliphatic heterocycles. The summed E-state index contributed by atoms with van der Waals surface area (Å²) >= 11 is 0. The molecule has 148 valence electrons. The maximum Gasteiger partial charge on any atom is 0.254 e. The monoisotopic (exact) mass is 384 g/mol. The second kappa shape index (κ2) is 8.40.